The van der Waals surface area contributed by atoms with E-state index < -0.39 is 18.3 Å². The number of hydrogen-bond donors (Lipinski definition) is 0. The first kappa shape index (κ1) is 16.9. The van der Waals surface area contributed by atoms with Gasteiger partial charge in [-0.15, -0.1) is 0 Å². The van der Waals surface area contributed by atoms with Crippen LogP contribution in [-0.4, -0.2) is 41.1 Å². The zero-order valence-corrected chi connectivity index (χ0v) is 14.7. The van der Waals surface area contributed by atoms with Crippen LogP contribution in [0.5, 0.6) is 0 Å². The predicted molar refractivity (Wildman–Crippen MR) is 91.6 cm³/mol. The first-order chi connectivity index (χ1) is 11.1. The molecule has 2 amide bonds. The number of rotatable bonds is 3. The third kappa shape index (κ3) is 2.60. The Morgan fingerprint density at radius 1 is 1.00 bits per heavy atom. The summed E-state index contributed by atoms with van der Waals surface area (Å²) in [5.41, 5.74) is 0.0819. The quantitative estimate of drug-likeness (QED) is 0.633. The molecule has 0 aromatic heterocycles. The molecule has 2 aliphatic rings. The Bertz CT molecular complexity index is 674. The molecule has 3 rings (SSSR count). The second-order valence-electron chi connectivity index (χ2n) is 7.28. The van der Waals surface area contributed by atoms with Gasteiger partial charge in [-0.05, 0) is 46.8 Å². The highest BCUT2D eigenvalue weighted by Gasteiger charge is 2.50. The molecular weight excluding hydrogens is 305 g/mol. The fourth-order valence-electron chi connectivity index (χ4n) is 2.88. The van der Waals surface area contributed by atoms with Crippen LogP contribution in [0.2, 0.25) is 0 Å². The Morgan fingerprint density at radius 3 is 1.92 bits per heavy atom. The van der Waals surface area contributed by atoms with E-state index in [1.165, 1.54) is 4.90 Å². The van der Waals surface area contributed by atoms with Gasteiger partial charge in [0.05, 0.1) is 28.4 Å². The molecule has 1 aromatic carbocycles. The fourth-order valence-corrected chi connectivity index (χ4v) is 2.88. The number of nitrogens with zero attached hydrogens (tertiary/aromatic N) is 1. The molecule has 0 N–H and O–H groups in total. The summed E-state index contributed by atoms with van der Waals surface area (Å²) in [7, 11) is -0.493. The summed E-state index contributed by atoms with van der Waals surface area (Å²) in [6.07, 6.45) is 1.78. The van der Waals surface area contributed by atoms with Gasteiger partial charge in [0.1, 0.15) is 0 Å². The lowest BCUT2D eigenvalue weighted by Gasteiger charge is -2.32. The van der Waals surface area contributed by atoms with E-state index in [2.05, 4.69) is 0 Å². The summed E-state index contributed by atoms with van der Waals surface area (Å²) >= 11 is 0. The van der Waals surface area contributed by atoms with E-state index in [1.807, 2.05) is 34.6 Å². The predicted octanol–water partition coefficient (Wildman–Crippen LogP) is 2.86. The maximum absolute atomic E-state index is 12.5. The molecule has 126 valence electrons. The molecule has 0 unspecified atom stereocenters. The van der Waals surface area contributed by atoms with Gasteiger partial charge in [0.15, 0.2) is 0 Å². The van der Waals surface area contributed by atoms with Crippen molar-refractivity contribution in [1.29, 1.82) is 0 Å². The van der Waals surface area contributed by atoms with Crippen LogP contribution >= 0.6 is 0 Å². The number of imide groups is 1. The third-order valence-corrected chi connectivity index (χ3v) is 5.05. The molecule has 0 radical (unpaired) electrons. The van der Waals surface area contributed by atoms with Gasteiger partial charge in [-0.25, -0.2) is 0 Å². The average molecular weight is 327 g/mol. The Morgan fingerprint density at radius 2 is 1.46 bits per heavy atom. The number of carbonyl (C=O) groups is 2. The van der Waals surface area contributed by atoms with Crippen molar-refractivity contribution < 1.29 is 18.9 Å². The summed E-state index contributed by atoms with van der Waals surface area (Å²) in [6, 6.07) is 6.51. The van der Waals surface area contributed by atoms with Gasteiger partial charge in [0, 0.05) is 0 Å². The normalized spacial score (nSPS) is 23.2. The van der Waals surface area contributed by atoms with Gasteiger partial charge >= 0.3 is 7.12 Å². The minimum atomic E-state index is -0.493. The van der Waals surface area contributed by atoms with Crippen LogP contribution in [0.15, 0.2) is 36.3 Å². The van der Waals surface area contributed by atoms with Gasteiger partial charge in [-0.3, -0.25) is 14.5 Å². The molecule has 2 aliphatic heterocycles. The topological polar surface area (TPSA) is 55.8 Å². The lowest BCUT2D eigenvalue weighted by molar-refractivity contribution is 0.00578. The first-order valence-electron chi connectivity index (χ1n) is 8.15. The zero-order chi connectivity index (χ0) is 17.7. The summed E-state index contributed by atoms with van der Waals surface area (Å²) in [4.78, 5) is 26.2. The average Bonchev–Trinajstić information content (AvgIpc) is 2.88. The summed E-state index contributed by atoms with van der Waals surface area (Å²) in [6.45, 7) is 9.73. The van der Waals surface area contributed by atoms with Crippen molar-refractivity contribution in [3.63, 3.8) is 0 Å². The second kappa shape index (κ2) is 5.57. The van der Waals surface area contributed by atoms with E-state index in [4.69, 9.17) is 9.31 Å². The number of benzene rings is 1. The van der Waals surface area contributed by atoms with Crippen LogP contribution in [0.1, 0.15) is 55.3 Å². The molecule has 1 fully saturated rings. The fraction of sp³-hybridized carbons (Fsp3) is 0.444. The number of fused-ring (bicyclic) bond motifs is 1. The molecule has 5 nitrogen and oxygen atoms in total. The highest BCUT2D eigenvalue weighted by atomic mass is 16.7. The molecule has 1 atom stereocenters. The Balaban J connectivity index is 1.74. The SMILES string of the molecule is C[C@@H](/C=C/B1OC(C)(C)C(C)(C)O1)N1C(=O)c2ccccc2C1=O. The maximum Gasteiger partial charge on any atom is 0.486 e. The summed E-state index contributed by atoms with van der Waals surface area (Å²) in [5, 5.41) is 0. The highest BCUT2D eigenvalue weighted by Crippen LogP contribution is 2.37. The summed E-state index contributed by atoms with van der Waals surface area (Å²) in [5.74, 6) is 1.24. The minimum Gasteiger partial charge on any atom is -0.400 e. The van der Waals surface area contributed by atoms with E-state index >= 15 is 0 Å². The van der Waals surface area contributed by atoms with E-state index in [9.17, 15) is 9.59 Å². The van der Waals surface area contributed by atoms with E-state index in [-0.39, 0.29) is 17.9 Å². The van der Waals surface area contributed by atoms with Crippen LogP contribution < -0.4 is 0 Å². The second-order valence-corrected chi connectivity index (χ2v) is 7.28. The van der Waals surface area contributed by atoms with Crippen LogP contribution in [0.3, 0.4) is 0 Å². The van der Waals surface area contributed by atoms with Crippen molar-refractivity contribution in [2.45, 2.75) is 51.9 Å². The van der Waals surface area contributed by atoms with Crippen molar-refractivity contribution in [3.05, 3.63) is 47.4 Å². The number of amides is 2. The zero-order valence-electron chi connectivity index (χ0n) is 14.7. The monoisotopic (exact) mass is 327 g/mol. The number of hydrogen-bond acceptors (Lipinski definition) is 4. The molecule has 6 heteroatoms. The van der Waals surface area contributed by atoms with Crippen molar-refractivity contribution in [3.8, 4) is 0 Å². The Hall–Kier alpha value is -1.92. The molecule has 2 heterocycles. The first-order valence-corrected chi connectivity index (χ1v) is 8.15. The maximum atomic E-state index is 12.5. The number of carbonyl (C=O) groups excluding carboxylic acids is 2. The largest absolute Gasteiger partial charge is 0.486 e. The van der Waals surface area contributed by atoms with Gasteiger partial charge in [0.25, 0.3) is 11.8 Å². The molecule has 1 aromatic rings. The van der Waals surface area contributed by atoms with Crippen molar-refractivity contribution in [2.24, 2.45) is 0 Å². The van der Waals surface area contributed by atoms with Crippen molar-refractivity contribution in [2.75, 3.05) is 0 Å². The molecule has 0 aliphatic carbocycles. The third-order valence-electron chi connectivity index (χ3n) is 5.05. The highest BCUT2D eigenvalue weighted by molar-refractivity contribution is 6.51. The minimum absolute atomic E-state index is 0.262. The van der Waals surface area contributed by atoms with E-state index in [0.29, 0.717) is 11.1 Å². The van der Waals surface area contributed by atoms with Crippen molar-refractivity contribution >= 4 is 18.9 Å². The standard InChI is InChI=1S/C18H22BNO4/c1-12(10-11-19-23-17(2,3)18(4,5)24-19)20-15(21)13-8-6-7-9-14(13)16(20)22/h6-12H,1-5H3/b11-10+/t12-/m0/s1. The van der Waals surface area contributed by atoms with Crippen LogP contribution in [0, 0.1) is 0 Å². The van der Waals surface area contributed by atoms with E-state index in [1.54, 1.807) is 36.3 Å². The van der Waals surface area contributed by atoms with Crippen LogP contribution in [-0.2, 0) is 9.31 Å². The smallest absolute Gasteiger partial charge is 0.400 e. The molecular formula is C18H22BNO4. The molecule has 0 spiro atoms. The summed E-state index contributed by atoms with van der Waals surface area (Å²) < 4.78 is 11.8. The molecule has 1 saturated heterocycles. The van der Waals surface area contributed by atoms with E-state index in [0.717, 1.165) is 0 Å². The Kier molecular flexibility index (Phi) is 3.93. The van der Waals surface area contributed by atoms with Gasteiger partial charge < -0.3 is 9.31 Å². The molecule has 0 bridgehead atoms. The lowest BCUT2D eigenvalue weighted by atomic mass is 9.89. The lowest BCUT2D eigenvalue weighted by Crippen LogP contribution is -2.41. The Labute approximate surface area is 142 Å². The van der Waals surface area contributed by atoms with Gasteiger partial charge in [-0.1, -0.05) is 24.2 Å². The van der Waals surface area contributed by atoms with Crippen LogP contribution in [0.4, 0.5) is 0 Å². The van der Waals surface area contributed by atoms with Gasteiger partial charge in [-0.2, -0.15) is 0 Å². The molecule has 24 heavy (non-hydrogen) atoms. The van der Waals surface area contributed by atoms with Crippen molar-refractivity contribution in [1.82, 2.24) is 4.90 Å². The molecule has 0 saturated carbocycles. The van der Waals surface area contributed by atoms with Gasteiger partial charge in [0.2, 0.25) is 0 Å². The van der Waals surface area contributed by atoms with Crippen LogP contribution in [0.25, 0.3) is 0 Å².